The molecule has 1 amide bonds. The quantitative estimate of drug-likeness (QED) is 0.398. The number of rotatable bonds is 5. The van der Waals surface area contributed by atoms with E-state index in [0.717, 1.165) is 5.39 Å². The van der Waals surface area contributed by atoms with E-state index in [9.17, 15) is 19.7 Å². The molecule has 0 fully saturated rings. The van der Waals surface area contributed by atoms with Gasteiger partial charge in [0, 0.05) is 29.8 Å². The van der Waals surface area contributed by atoms with Gasteiger partial charge in [-0.15, -0.1) is 0 Å². The number of fused-ring (bicyclic) bond motifs is 1. The van der Waals surface area contributed by atoms with Crippen molar-refractivity contribution in [1.29, 1.82) is 0 Å². The fourth-order valence-electron chi connectivity index (χ4n) is 2.94. The van der Waals surface area contributed by atoms with E-state index in [2.05, 4.69) is 15.5 Å². The maximum atomic E-state index is 12.4. The van der Waals surface area contributed by atoms with Gasteiger partial charge in [0.25, 0.3) is 17.2 Å². The summed E-state index contributed by atoms with van der Waals surface area (Å²) in [5.41, 5.74) is 0.811. The minimum absolute atomic E-state index is 0.00726. The van der Waals surface area contributed by atoms with Crippen LogP contribution in [-0.2, 0) is 6.54 Å². The van der Waals surface area contributed by atoms with E-state index in [1.54, 1.807) is 18.2 Å². The second-order valence-electron chi connectivity index (χ2n) is 6.24. The van der Waals surface area contributed by atoms with Crippen molar-refractivity contribution >= 4 is 22.5 Å². The van der Waals surface area contributed by atoms with Crippen LogP contribution in [0.15, 0.2) is 70.0 Å². The average molecular weight is 390 g/mol. The van der Waals surface area contributed by atoms with Gasteiger partial charge >= 0.3 is 0 Å². The molecule has 0 unspecified atom stereocenters. The fourth-order valence-corrected chi connectivity index (χ4v) is 2.94. The summed E-state index contributed by atoms with van der Waals surface area (Å²) in [6, 6.07) is 16.3. The standard InChI is InChI=1S/C20H14N4O5/c25-19-13(9-12-5-1-3-7-15(12)22-19)11-21-20(26)16-10-18(29-23-16)14-6-2-4-8-17(14)24(27)28/h1-10H,11H2,(H,21,26)(H,22,25). The first kappa shape index (κ1) is 18.1. The molecule has 2 N–H and O–H groups in total. The summed E-state index contributed by atoms with van der Waals surface area (Å²) in [4.78, 5) is 37.9. The Hall–Kier alpha value is -4.27. The van der Waals surface area contributed by atoms with E-state index in [-0.39, 0.29) is 34.8 Å². The lowest BCUT2D eigenvalue weighted by Crippen LogP contribution is -2.26. The number of amides is 1. The van der Waals surface area contributed by atoms with E-state index in [4.69, 9.17) is 4.52 Å². The number of para-hydroxylation sites is 2. The topological polar surface area (TPSA) is 131 Å². The Bertz CT molecular complexity index is 1290. The third kappa shape index (κ3) is 3.61. The number of nitro groups is 1. The van der Waals surface area contributed by atoms with E-state index in [0.29, 0.717) is 11.1 Å². The molecule has 4 rings (SSSR count). The van der Waals surface area contributed by atoms with Gasteiger partial charge in [-0.05, 0) is 23.6 Å². The van der Waals surface area contributed by atoms with Gasteiger partial charge in [0.05, 0.1) is 10.5 Å². The molecule has 0 aliphatic carbocycles. The van der Waals surface area contributed by atoms with Crippen molar-refractivity contribution in [1.82, 2.24) is 15.5 Å². The number of aromatic amines is 1. The molecule has 0 saturated heterocycles. The minimum Gasteiger partial charge on any atom is -0.355 e. The zero-order chi connectivity index (χ0) is 20.4. The molecule has 0 spiro atoms. The van der Waals surface area contributed by atoms with Gasteiger partial charge < -0.3 is 14.8 Å². The van der Waals surface area contributed by atoms with Crippen molar-refractivity contribution in [3.8, 4) is 11.3 Å². The van der Waals surface area contributed by atoms with E-state index in [1.807, 2.05) is 18.2 Å². The highest BCUT2D eigenvalue weighted by Crippen LogP contribution is 2.29. The minimum atomic E-state index is -0.564. The van der Waals surface area contributed by atoms with Crippen LogP contribution in [0.25, 0.3) is 22.2 Å². The lowest BCUT2D eigenvalue weighted by Gasteiger charge is -2.04. The van der Waals surface area contributed by atoms with Gasteiger partial charge in [0.2, 0.25) is 0 Å². The fraction of sp³-hybridized carbons (Fsp3) is 0.0500. The molecule has 29 heavy (non-hydrogen) atoms. The van der Waals surface area contributed by atoms with Crippen molar-refractivity contribution in [3.05, 3.63) is 92.4 Å². The maximum absolute atomic E-state index is 12.4. The normalized spacial score (nSPS) is 10.8. The van der Waals surface area contributed by atoms with Crippen LogP contribution in [0.2, 0.25) is 0 Å². The molecule has 0 radical (unpaired) electrons. The molecule has 2 heterocycles. The van der Waals surface area contributed by atoms with Crippen LogP contribution in [0.3, 0.4) is 0 Å². The summed E-state index contributed by atoms with van der Waals surface area (Å²) in [7, 11) is 0. The number of carbonyl (C=O) groups is 1. The highest BCUT2D eigenvalue weighted by Gasteiger charge is 2.20. The molecule has 0 atom stereocenters. The molecule has 0 aliphatic rings. The van der Waals surface area contributed by atoms with Gasteiger partial charge in [0.15, 0.2) is 11.5 Å². The Balaban J connectivity index is 1.53. The number of aromatic nitrogens is 2. The summed E-state index contributed by atoms with van der Waals surface area (Å²) in [6.45, 7) is -0.00726. The zero-order valence-corrected chi connectivity index (χ0v) is 14.9. The molecular weight excluding hydrogens is 376 g/mol. The van der Waals surface area contributed by atoms with E-state index in [1.165, 1.54) is 24.3 Å². The van der Waals surface area contributed by atoms with Crippen LogP contribution in [0.1, 0.15) is 16.1 Å². The third-order valence-electron chi connectivity index (χ3n) is 4.38. The van der Waals surface area contributed by atoms with E-state index < -0.39 is 10.8 Å². The van der Waals surface area contributed by atoms with E-state index >= 15 is 0 Å². The average Bonchev–Trinajstić information content (AvgIpc) is 3.22. The van der Waals surface area contributed by atoms with Crippen LogP contribution in [0.4, 0.5) is 5.69 Å². The van der Waals surface area contributed by atoms with Gasteiger partial charge in [-0.2, -0.15) is 0 Å². The monoisotopic (exact) mass is 390 g/mol. The number of benzene rings is 2. The Morgan fingerprint density at radius 1 is 1.14 bits per heavy atom. The SMILES string of the molecule is O=C(NCc1cc2ccccc2[nH]c1=O)c1cc(-c2ccccc2[N+](=O)[O-])on1. The zero-order valence-electron chi connectivity index (χ0n) is 14.9. The molecule has 0 bridgehead atoms. The van der Waals surface area contributed by atoms with Crippen molar-refractivity contribution in [2.75, 3.05) is 0 Å². The molecule has 0 aliphatic heterocycles. The molecule has 9 heteroatoms. The number of nitrogens with zero attached hydrogens (tertiary/aromatic N) is 2. The molecule has 0 saturated carbocycles. The number of nitrogens with one attached hydrogen (secondary N) is 2. The number of carbonyl (C=O) groups excluding carboxylic acids is 1. The van der Waals surface area contributed by atoms with Gasteiger partial charge in [-0.25, -0.2) is 0 Å². The number of pyridine rings is 1. The lowest BCUT2D eigenvalue weighted by atomic mass is 10.1. The Morgan fingerprint density at radius 3 is 2.72 bits per heavy atom. The highest BCUT2D eigenvalue weighted by molar-refractivity contribution is 5.93. The highest BCUT2D eigenvalue weighted by atomic mass is 16.6. The number of hydrogen-bond donors (Lipinski definition) is 2. The lowest BCUT2D eigenvalue weighted by molar-refractivity contribution is -0.384. The number of nitro benzene ring substituents is 1. The predicted molar refractivity (Wildman–Crippen MR) is 104 cm³/mol. The largest absolute Gasteiger partial charge is 0.355 e. The second kappa shape index (κ2) is 7.39. The summed E-state index contributed by atoms with van der Waals surface area (Å²) in [5.74, 6) is -0.461. The van der Waals surface area contributed by atoms with Crippen molar-refractivity contribution in [2.24, 2.45) is 0 Å². The Morgan fingerprint density at radius 2 is 1.90 bits per heavy atom. The van der Waals surface area contributed by atoms with Crippen molar-refractivity contribution < 1.29 is 14.2 Å². The molecule has 4 aromatic rings. The first-order valence-electron chi connectivity index (χ1n) is 8.62. The Labute approximate surface area is 163 Å². The summed E-state index contributed by atoms with van der Waals surface area (Å²) >= 11 is 0. The van der Waals surface area contributed by atoms with Crippen LogP contribution in [-0.4, -0.2) is 21.0 Å². The number of H-pyrrole nitrogens is 1. The molecule has 9 nitrogen and oxygen atoms in total. The summed E-state index contributed by atoms with van der Waals surface area (Å²) in [5, 5.41) is 18.3. The predicted octanol–water partition coefficient (Wildman–Crippen LogP) is 3.02. The molecular formula is C20H14N4O5. The first-order chi connectivity index (χ1) is 14.0. The van der Waals surface area contributed by atoms with Crippen molar-refractivity contribution in [2.45, 2.75) is 6.54 Å². The van der Waals surface area contributed by atoms with Gasteiger partial charge in [-0.1, -0.05) is 35.5 Å². The van der Waals surface area contributed by atoms with Crippen LogP contribution < -0.4 is 10.9 Å². The molecule has 144 valence electrons. The first-order valence-corrected chi connectivity index (χ1v) is 8.62. The van der Waals surface area contributed by atoms with Crippen LogP contribution >= 0.6 is 0 Å². The molecule has 2 aromatic carbocycles. The smallest absolute Gasteiger partial charge is 0.280 e. The van der Waals surface area contributed by atoms with Gasteiger partial charge in [0.1, 0.15) is 0 Å². The van der Waals surface area contributed by atoms with Crippen molar-refractivity contribution in [3.63, 3.8) is 0 Å². The third-order valence-corrected chi connectivity index (χ3v) is 4.38. The molecule has 2 aromatic heterocycles. The Kier molecular flexibility index (Phi) is 4.62. The van der Waals surface area contributed by atoms with Gasteiger partial charge in [-0.3, -0.25) is 19.7 Å². The summed E-state index contributed by atoms with van der Waals surface area (Å²) < 4.78 is 5.11. The second-order valence-corrected chi connectivity index (χ2v) is 6.24. The summed E-state index contributed by atoms with van der Waals surface area (Å²) in [6.07, 6.45) is 0. The van der Waals surface area contributed by atoms with Crippen LogP contribution in [0.5, 0.6) is 0 Å². The van der Waals surface area contributed by atoms with Crippen LogP contribution in [0, 0.1) is 10.1 Å². The number of hydrogen-bond acceptors (Lipinski definition) is 6. The maximum Gasteiger partial charge on any atom is 0.280 e.